The molecule has 0 spiro atoms. The molecule has 3 aromatic rings. The molecule has 1 aromatic heterocycles. The largest absolute Gasteiger partial charge is 0.485 e. The summed E-state index contributed by atoms with van der Waals surface area (Å²) in [5.74, 6) is -0.0925. The van der Waals surface area contributed by atoms with Crippen molar-refractivity contribution < 1.29 is 23.8 Å². The molecule has 7 nitrogen and oxygen atoms in total. The molecule has 2 atom stereocenters. The summed E-state index contributed by atoms with van der Waals surface area (Å²) in [6, 6.07) is 16.7. The summed E-state index contributed by atoms with van der Waals surface area (Å²) in [4.78, 5) is 29.1. The van der Waals surface area contributed by atoms with E-state index in [9.17, 15) is 9.59 Å². The number of rotatable bonds is 5. The van der Waals surface area contributed by atoms with Crippen LogP contribution in [0.3, 0.4) is 0 Å². The molecule has 0 bridgehead atoms. The number of esters is 1. The van der Waals surface area contributed by atoms with Crippen LogP contribution in [-0.2, 0) is 14.3 Å². The Kier molecular flexibility index (Phi) is 5.44. The lowest BCUT2D eigenvalue weighted by Gasteiger charge is -2.25. The molecule has 0 saturated heterocycles. The number of ether oxygens (including phenoxy) is 3. The van der Waals surface area contributed by atoms with Gasteiger partial charge in [-0.2, -0.15) is 0 Å². The maximum absolute atomic E-state index is 12.4. The zero-order valence-corrected chi connectivity index (χ0v) is 16.3. The molecule has 1 amide bonds. The van der Waals surface area contributed by atoms with Crippen molar-refractivity contribution in [3.8, 4) is 22.8 Å². The van der Waals surface area contributed by atoms with Crippen LogP contribution >= 0.6 is 11.3 Å². The Morgan fingerprint density at radius 3 is 2.66 bits per heavy atom. The van der Waals surface area contributed by atoms with Gasteiger partial charge in [0.2, 0.25) is 6.10 Å². The number of hydrogen-bond donors (Lipinski definition) is 1. The highest BCUT2D eigenvalue weighted by Gasteiger charge is 2.31. The third-order valence-corrected chi connectivity index (χ3v) is 5.00. The maximum atomic E-state index is 12.4. The number of nitrogens with zero attached hydrogens (tertiary/aromatic N) is 1. The second kappa shape index (κ2) is 8.32. The minimum Gasteiger partial charge on any atom is -0.485 e. The van der Waals surface area contributed by atoms with Crippen LogP contribution in [0.4, 0.5) is 5.13 Å². The van der Waals surface area contributed by atoms with Crippen molar-refractivity contribution in [3.05, 3.63) is 60.0 Å². The summed E-state index contributed by atoms with van der Waals surface area (Å²) in [6.07, 6.45) is -1.93. The van der Waals surface area contributed by atoms with Gasteiger partial charge in [-0.15, -0.1) is 11.3 Å². The van der Waals surface area contributed by atoms with E-state index >= 15 is 0 Å². The number of nitrogens with one attached hydrogen (secondary N) is 1. The Balaban J connectivity index is 1.33. The molecule has 0 saturated carbocycles. The highest BCUT2D eigenvalue weighted by atomic mass is 32.1. The van der Waals surface area contributed by atoms with Crippen molar-refractivity contribution in [2.24, 2.45) is 0 Å². The predicted molar refractivity (Wildman–Crippen MR) is 108 cm³/mol. The molecule has 1 aliphatic heterocycles. The Morgan fingerprint density at radius 1 is 1.14 bits per heavy atom. The summed E-state index contributed by atoms with van der Waals surface area (Å²) in [6.45, 7) is 1.52. The minimum atomic E-state index is -1.01. The van der Waals surface area contributed by atoms with E-state index in [-0.39, 0.29) is 6.61 Å². The van der Waals surface area contributed by atoms with E-state index in [4.69, 9.17) is 14.2 Å². The number of anilines is 1. The molecule has 4 rings (SSSR count). The molecule has 0 radical (unpaired) electrons. The number of para-hydroxylation sites is 2. The normalized spacial score (nSPS) is 16.0. The molecule has 1 aliphatic rings. The molecule has 0 fully saturated rings. The van der Waals surface area contributed by atoms with Gasteiger partial charge in [0.15, 0.2) is 22.7 Å². The van der Waals surface area contributed by atoms with Crippen molar-refractivity contribution >= 4 is 28.3 Å². The molecule has 0 unspecified atom stereocenters. The molecule has 2 aromatic carbocycles. The lowest BCUT2D eigenvalue weighted by atomic mass is 10.2. The van der Waals surface area contributed by atoms with E-state index in [1.54, 1.807) is 18.2 Å². The fraction of sp³-hybridized carbons (Fsp3) is 0.190. The van der Waals surface area contributed by atoms with Crippen LogP contribution in [0.15, 0.2) is 60.0 Å². The van der Waals surface area contributed by atoms with E-state index in [0.29, 0.717) is 16.6 Å². The van der Waals surface area contributed by atoms with Crippen LogP contribution in [0.1, 0.15) is 6.92 Å². The molecular formula is C21H18N2O5S. The first-order valence-electron chi connectivity index (χ1n) is 9.01. The molecular weight excluding hydrogens is 392 g/mol. The number of hydrogen-bond acceptors (Lipinski definition) is 7. The van der Waals surface area contributed by atoms with Gasteiger partial charge in [-0.1, -0.05) is 42.5 Å². The van der Waals surface area contributed by atoms with Gasteiger partial charge in [0, 0.05) is 10.9 Å². The van der Waals surface area contributed by atoms with E-state index in [0.717, 1.165) is 11.3 Å². The first-order valence-corrected chi connectivity index (χ1v) is 9.89. The Bertz CT molecular complexity index is 1020. The van der Waals surface area contributed by atoms with Crippen LogP contribution in [0, 0.1) is 0 Å². The zero-order chi connectivity index (χ0) is 20.2. The van der Waals surface area contributed by atoms with Crippen LogP contribution < -0.4 is 14.8 Å². The Morgan fingerprint density at radius 2 is 1.86 bits per heavy atom. The third kappa shape index (κ3) is 4.38. The highest BCUT2D eigenvalue weighted by Crippen LogP contribution is 2.31. The van der Waals surface area contributed by atoms with Gasteiger partial charge in [-0.05, 0) is 19.1 Å². The second-order valence-corrected chi connectivity index (χ2v) is 7.19. The summed E-state index contributed by atoms with van der Waals surface area (Å²) >= 11 is 1.30. The Hall–Kier alpha value is -3.39. The summed E-state index contributed by atoms with van der Waals surface area (Å²) in [7, 11) is 0. The predicted octanol–water partition coefficient (Wildman–Crippen LogP) is 3.52. The SMILES string of the molecule is C[C@@H](OC(=O)[C@H]1COc2ccccc2O1)C(=O)Nc1nc(-c2ccccc2)cs1. The molecule has 1 N–H and O–H groups in total. The quantitative estimate of drug-likeness (QED) is 0.648. The summed E-state index contributed by atoms with van der Waals surface area (Å²) in [5, 5.41) is 4.96. The van der Waals surface area contributed by atoms with Crippen LogP contribution in [0.25, 0.3) is 11.3 Å². The first kappa shape index (κ1) is 18.9. The van der Waals surface area contributed by atoms with Gasteiger partial charge in [0.25, 0.3) is 5.91 Å². The second-order valence-electron chi connectivity index (χ2n) is 6.34. The Labute approximate surface area is 171 Å². The monoisotopic (exact) mass is 410 g/mol. The average Bonchev–Trinajstić information content (AvgIpc) is 3.22. The van der Waals surface area contributed by atoms with Gasteiger partial charge in [0.05, 0.1) is 5.69 Å². The summed E-state index contributed by atoms with van der Waals surface area (Å²) in [5.41, 5.74) is 1.72. The highest BCUT2D eigenvalue weighted by molar-refractivity contribution is 7.14. The lowest BCUT2D eigenvalue weighted by molar-refractivity contribution is -0.162. The number of thiazole rings is 1. The average molecular weight is 410 g/mol. The number of amides is 1. The number of benzene rings is 2. The zero-order valence-electron chi connectivity index (χ0n) is 15.5. The van der Waals surface area contributed by atoms with Crippen molar-refractivity contribution in [2.75, 3.05) is 11.9 Å². The molecule has 2 heterocycles. The fourth-order valence-corrected chi connectivity index (χ4v) is 3.44. The van der Waals surface area contributed by atoms with Crippen molar-refractivity contribution in [1.29, 1.82) is 0 Å². The molecule has 0 aliphatic carbocycles. The van der Waals surface area contributed by atoms with Crippen molar-refractivity contribution in [1.82, 2.24) is 4.98 Å². The minimum absolute atomic E-state index is 0.0249. The van der Waals surface area contributed by atoms with Gasteiger partial charge >= 0.3 is 5.97 Å². The topological polar surface area (TPSA) is 86.8 Å². The molecule has 148 valence electrons. The summed E-state index contributed by atoms with van der Waals surface area (Å²) < 4.78 is 16.4. The van der Waals surface area contributed by atoms with Gasteiger partial charge < -0.3 is 14.2 Å². The molecule has 29 heavy (non-hydrogen) atoms. The van der Waals surface area contributed by atoms with E-state index in [1.807, 2.05) is 41.8 Å². The van der Waals surface area contributed by atoms with Crippen molar-refractivity contribution in [3.63, 3.8) is 0 Å². The smallest absolute Gasteiger partial charge is 0.351 e. The van der Waals surface area contributed by atoms with E-state index in [2.05, 4.69) is 10.3 Å². The van der Waals surface area contributed by atoms with Gasteiger partial charge in [-0.25, -0.2) is 9.78 Å². The molecule has 8 heteroatoms. The number of aromatic nitrogens is 1. The van der Waals surface area contributed by atoms with Crippen molar-refractivity contribution in [2.45, 2.75) is 19.1 Å². The standard InChI is InChI=1S/C21H18N2O5S/c1-13(27-20(25)18-11-26-16-9-5-6-10-17(16)28-18)19(24)23-21-22-15(12-29-21)14-7-3-2-4-8-14/h2-10,12-13,18H,11H2,1H3,(H,22,23,24)/t13-,18-/m1/s1. The maximum Gasteiger partial charge on any atom is 0.351 e. The van der Waals surface area contributed by atoms with Crippen LogP contribution in [-0.4, -0.2) is 35.7 Å². The third-order valence-electron chi connectivity index (χ3n) is 4.24. The number of carbonyl (C=O) groups is 2. The number of carbonyl (C=O) groups excluding carboxylic acids is 2. The lowest BCUT2D eigenvalue weighted by Crippen LogP contribution is -2.41. The van der Waals surface area contributed by atoms with Gasteiger partial charge in [-0.3, -0.25) is 10.1 Å². The van der Waals surface area contributed by atoms with E-state index < -0.39 is 24.1 Å². The fourth-order valence-electron chi connectivity index (χ4n) is 2.72. The van der Waals surface area contributed by atoms with Crippen LogP contribution in [0.5, 0.6) is 11.5 Å². The van der Waals surface area contributed by atoms with E-state index in [1.165, 1.54) is 18.3 Å². The van der Waals surface area contributed by atoms with Crippen LogP contribution in [0.2, 0.25) is 0 Å². The first-order chi connectivity index (χ1) is 14.1. The number of fused-ring (bicyclic) bond motifs is 1. The van der Waals surface area contributed by atoms with Gasteiger partial charge in [0.1, 0.15) is 6.61 Å².